The molecule has 3 heterocycles. The fraction of sp³-hybridized carbons (Fsp3) is 0.222. The van der Waals surface area contributed by atoms with Crippen LogP contribution in [0, 0.1) is 13.8 Å². The molecule has 25 heavy (non-hydrogen) atoms. The molecule has 0 amide bonds. The number of nitrogens with one attached hydrogen (secondary N) is 1. The number of thiophene rings is 1. The second kappa shape index (κ2) is 6.25. The van der Waals surface area contributed by atoms with E-state index in [9.17, 15) is 0 Å². The van der Waals surface area contributed by atoms with Crippen LogP contribution in [0.4, 0.5) is 5.82 Å². The number of nitrogens with zero attached hydrogens (tertiary/aromatic N) is 4. The summed E-state index contributed by atoms with van der Waals surface area (Å²) in [5.41, 5.74) is 2.06. The van der Waals surface area contributed by atoms with Crippen molar-refractivity contribution in [2.45, 2.75) is 26.8 Å². The van der Waals surface area contributed by atoms with Gasteiger partial charge in [0.05, 0.1) is 11.4 Å². The van der Waals surface area contributed by atoms with Gasteiger partial charge in [-0.2, -0.15) is 4.98 Å². The van der Waals surface area contributed by atoms with Crippen LogP contribution in [-0.4, -0.2) is 20.1 Å². The van der Waals surface area contributed by atoms with Crippen molar-refractivity contribution in [2.24, 2.45) is 0 Å². The zero-order valence-corrected chi connectivity index (χ0v) is 15.0. The summed E-state index contributed by atoms with van der Waals surface area (Å²) in [6.45, 7) is 5.95. The highest BCUT2D eigenvalue weighted by atomic mass is 32.1. The Morgan fingerprint density at radius 2 is 1.88 bits per heavy atom. The largest absolute Gasteiger partial charge is 0.360 e. The van der Waals surface area contributed by atoms with Crippen molar-refractivity contribution in [2.75, 3.05) is 5.32 Å². The summed E-state index contributed by atoms with van der Waals surface area (Å²) in [7, 11) is 0. The van der Waals surface area contributed by atoms with E-state index in [0.29, 0.717) is 11.7 Å². The van der Waals surface area contributed by atoms with Gasteiger partial charge >= 0.3 is 0 Å². The third-order valence-corrected chi connectivity index (χ3v) is 4.92. The van der Waals surface area contributed by atoms with E-state index < -0.39 is 0 Å². The van der Waals surface area contributed by atoms with Crippen molar-refractivity contribution in [3.05, 3.63) is 52.9 Å². The predicted molar refractivity (Wildman–Crippen MR) is 98.7 cm³/mol. The summed E-state index contributed by atoms with van der Waals surface area (Å²) in [4.78, 5) is 14.6. The number of benzene rings is 1. The van der Waals surface area contributed by atoms with E-state index in [1.165, 1.54) is 0 Å². The van der Waals surface area contributed by atoms with Gasteiger partial charge in [0.2, 0.25) is 0 Å². The molecule has 0 bridgehead atoms. The fourth-order valence-corrected chi connectivity index (χ4v) is 3.64. The molecule has 1 aromatic carbocycles. The van der Waals surface area contributed by atoms with Crippen LogP contribution < -0.4 is 5.32 Å². The zero-order chi connectivity index (χ0) is 17.4. The van der Waals surface area contributed by atoms with Crippen molar-refractivity contribution >= 4 is 27.4 Å². The molecule has 0 fully saturated rings. The molecule has 3 aromatic heterocycles. The summed E-state index contributed by atoms with van der Waals surface area (Å²) < 4.78 is 5.40. The highest BCUT2D eigenvalue weighted by molar-refractivity contribution is 7.17. The Balaban J connectivity index is 1.64. The van der Waals surface area contributed by atoms with Crippen molar-refractivity contribution in [3.63, 3.8) is 0 Å². The monoisotopic (exact) mass is 351 g/mol. The number of hydrogen-bond donors (Lipinski definition) is 1. The Morgan fingerprint density at radius 1 is 1.08 bits per heavy atom. The maximum absolute atomic E-state index is 5.40. The van der Waals surface area contributed by atoms with Gasteiger partial charge in [-0.3, -0.25) is 0 Å². The van der Waals surface area contributed by atoms with E-state index in [4.69, 9.17) is 4.52 Å². The molecule has 0 aliphatic heterocycles. The van der Waals surface area contributed by atoms with Crippen LogP contribution in [0.15, 0.2) is 40.2 Å². The molecule has 1 atom stereocenters. The van der Waals surface area contributed by atoms with Gasteiger partial charge in [0, 0.05) is 5.56 Å². The van der Waals surface area contributed by atoms with E-state index in [-0.39, 0.29) is 6.04 Å². The molecular weight excluding hydrogens is 334 g/mol. The second-order valence-electron chi connectivity index (χ2n) is 5.91. The topological polar surface area (TPSA) is 76.7 Å². The van der Waals surface area contributed by atoms with E-state index in [2.05, 4.69) is 37.7 Å². The Kier molecular flexibility index (Phi) is 3.93. The van der Waals surface area contributed by atoms with Crippen LogP contribution in [0.5, 0.6) is 0 Å². The molecule has 0 aliphatic rings. The van der Waals surface area contributed by atoms with E-state index in [0.717, 1.165) is 33.0 Å². The Labute approximate surface area is 149 Å². The number of fused-ring (bicyclic) bond motifs is 1. The lowest BCUT2D eigenvalue weighted by atomic mass is 10.2. The summed E-state index contributed by atoms with van der Waals surface area (Å²) in [5, 5.41) is 10.7. The highest BCUT2D eigenvalue weighted by Gasteiger charge is 2.18. The molecule has 6 nitrogen and oxygen atoms in total. The lowest BCUT2D eigenvalue weighted by Gasteiger charge is -2.12. The molecule has 0 spiro atoms. The van der Waals surface area contributed by atoms with Crippen LogP contribution in [0.2, 0.25) is 0 Å². The molecule has 7 heteroatoms. The first-order valence-electron chi connectivity index (χ1n) is 8.00. The molecule has 1 N–H and O–H groups in total. The minimum Gasteiger partial charge on any atom is -0.360 e. The van der Waals surface area contributed by atoms with Gasteiger partial charge in [-0.25, -0.2) is 9.97 Å². The van der Waals surface area contributed by atoms with Gasteiger partial charge in [-0.1, -0.05) is 23.4 Å². The van der Waals surface area contributed by atoms with Crippen LogP contribution in [0.3, 0.4) is 0 Å². The van der Waals surface area contributed by atoms with Gasteiger partial charge in [0.15, 0.2) is 5.82 Å². The fourth-order valence-electron chi connectivity index (χ4n) is 2.67. The quantitative estimate of drug-likeness (QED) is 0.582. The van der Waals surface area contributed by atoms with E-state index in [1.54, 1.807) is 11.3 Å². The van der Waals surface area contributed by atoms with Crippen molar-refractivity contribution in [3.8, 4) is 11.5 Å². The van der Waals surface area contributed by atoms with Crippen molar-refractivity contribution < 1.29 is 4.52 Å². The summed E-state index contributed by atoms with van der Waals surface area (Å²) >= 11 is 1.63. The van der Waals surface area contributed by atoms with Gasteiger partial charge < -0.3 is 9.84 Å². The maximum Gasteiger partial charge on any atom is 0.257 e. The first-order valence-corrected chi connectivity index (χ1v) is 8.88. The number of anilines is 1. The maximum atomic E-state index is 5.40. The zero-order valence-electron chi connectivity index (χ0n) is 14.1. The normalized spacial score (nSPS) is 12.4. The summed E-state index contributed by atoms with van der Waals surface area (Å²) in [6.07, 6.45) is 0. The van der Waals surface area contributed by atoms with Gasteiger partial charge in [0.1, 0.15) is 16.5 Å². The molecule has 0 radical (unpaired) electrons. The average Bonchev–Trinajstić information content (AvgIpc) is 3.23. The molecule has 0 saturated heterocycles. The molecule has 0 aliphatic carbocycles. The molecule has 0 saturated carbocycles. The lowest BCUT2D eigenvalue weighted by molar-refractivity contribution is 0.420. The number of rotatable bonds is 4. The van der Waals surface area contributed by atoms with Crippen LogP contribution in [-0.2, 0) is 0 Å². The van der Waals surface area contributed by atoms with E-state index >= 15 is 0 Å². The van der Waals surface area contributed by atoms with Gasteiger partial charge in [0.25, 0.3) is 5.89 Å². The van der Waals surface area contributed by atoms with Gasteiger partial charge in [-0.15, -0.1) is 11.3 Å². The molecule has 126 valence electrons. The standard InChI is InChI=1S/C18H17N5OS/c1-10-9-25-18-14(10)16(20-12(3)21-18)19-11(2)15-22-17(24-23-15)13-7-5-4-6-8-13/h4-9,11H,1-3H3,(H,19,20,21). The molecule has 4 rings (SSSR count). The highest BCUT2D eigenvalue weighted by Crippen LogP contribution is 2.31. The SMILES string of the molecule is Cc1nc(NC(C)c2noc(-c3ccccc3)n2)c2c(C)csc2n1. The van der Waals surface area contributed by atoms with Crippen LogP contribution in [0.25, 0.3) is 21.7 Å². The first-order chi connectivity index (χ1) is 12.1. The number of aryl methyl sites for hydroxylation is 2. The Hall–Kier alpha value is -2.80. The van der Waals surface area contributed by atoms with Crippen LogP contribution >= 0.6 is 11.3 Å². The van der Waals surface area contributed by atoms with Crippen LogP contribution in [0.1, 0.15) is 30.2 Å². The number of hydrogen-bond acceptors (Lipinski definition) is 7. The minimum atomic E-state index is -0.141. The first kappa shape index (κ1) is 15.7. The minimum absolute atomic E-state index is 0.141. The van der Waals surface area contributed by atoms with Crippen molar-refractivity contribution in [1.82, 2.24) is 20.1 Å². The van der Waals surface area contributed by atoms with Crippen molar-refractivity contribution in [1.29, 1.82) is 0 Å². The summed E-state index contributed by atoms with van der Waals surface area (Å²) in [5.74, 6) is 2.65. The second-order valence-corrected chi connectivity index (χ2v) is 6.77. The molecule has 4 aromatic rings. The third-order valence-electron chi connectivity index (χ3n) is 3.93. The Bertz CT molecular complexity index is 1020. The predicted octanol–water partition coefficient (Wildman–Crippen LogP) is 4.53. The molecular formula is C18H17N5OS. The Morgan fingerprint density at radius 3 is 2.68 bits per heavy atom. The third kappa shape index (κ3) is 2.98. The smallest absolute Gasteiger partial charge is 0.257 e. The average molecular weight is 351 g/mol. The van der Waals surface area contributed by atoms with E-state index in [1.807, 2.05) is 44.2 Å². The summed E-state index contributed by atoms with van der Waals surface area (Å²) in [6, 6.07) is 9.60. The van der Waals surface area contributed by atoms with Gasteiger partial charge in [-0.05, 0) is 43.8 Å². The number of aromatic nitrogens is 4. The molecule has 1 unspecified atom stereocenters. The lowest BCUT2D eigenvalue weighted by Crippen LogP contribution is -2.11.